The van der Waals surface area contributed by atoms with Crippen LogP contribution >= 0.6 is 0 Å². The normalized spacial score (nSPS) is 18.1. The molecule has 0 bridgehead atoms. The number of aryl methyl sites for hydroxylation is 1. The molecule has 4 aromatic rings. The Kier molecular flexibility index (Phi) is 9.76. The number of aliphatic hydroxyl groups is 1. The van der Waals surface area contributed by atoms with Gasteiger partial charge in [0.05, 0.1) is 24.8 Å². The van der Waals surface area contributed by atoms with Crippen molar-refractivity contribution < 1.29 is 28.9 Å². The Labute approximate surface area is 269 Å². The molecule has 8 nitrogen and oxygen atoms in total. The van der Waals surface area contributed by atoms with Crippen LogP contribution in [0.4, 0.5) is 0 Å². The third-order valence-corrected chi connectivity index (χ3v) is 8.37. The SMILES string of the molecule is Cc1cc(OCc2ccccc2)ccc1C(O)=C1C(=O)C(=O)N(CCCN2CCOCC2)[C@H]1c1cccc(Oc2ccccc2)c1. The van der Waals surface area contributed by atoms with Gasteiger partial charge in [0.15, 0.2) is 0 Å². The van der Waals surface area contributed by atoms with E-state index in [4.69, 9.17) is 14.2 Å². The molecule has 2 fully saturated rings. The number of ether oxygens (including phenoxy) is 3. The molecule has 2 saturated heterocycles. The number of para-hydroxylation sites is 1. The Morgan fingerprint density at radius 2 is 1.54 bits per heavy atom. The second kappa shape index (κ2) is 14.5. The molecule has 2 heterocycles. The van der Waals surface area contributed by atoms with E-state index in [9.17, 15) is 14.7 Å². The molecule has 0 radical (unpaired) electrons. The largest absolute Gasteiger partial charge is 0.507 e. The fraction of sp³-hybridized carbons (Fsp3) is 0.263. The van der Waals surface area contributed by atoms with E-state index in [2.05, 4.69) is 4.90 Å². The van der Waals surface area contributed by atoms with Gasteiger partial charge in [0.1, 0.15) is 29.6 Å². The summed E-state index contributed by atoms with van der Waals surface area (Å²) in [6.45, 7) is 6.45. The number of hydrogen-bond donors (Lipinski definition) is 1. The summed E-state index contributed by atoms with van der Waals surface area (Å²) in [7, 11) is 0. The summed E-state index contributed by atoms with van der Waals surface area (Å²) >= 11 is 0. The van der Waals surface area contributed by atoms with Crippen molar-refractivity contribution in [3.63, 3.8) is 0 Å². The van der Waals surface area contributed by atoms with E-state index in [0.717, 1.165) is 30.8 Å². The lowest BCUT2D eigenvalue weighted by atomic mass is 9.93. The van der Waals surface area contributed by atoms with Gasteiger partial charge in [0.2, 0.25) is 0 Å². The van der Waals surface area contributed by atoms with E-state index in [1.54, 1.807) is 17.0 Å². The van der Waals surface area contributed by atoms with Gasteiger partial charge in [0, 0.05) is 31.7 Å². The zero-order valence-corrected chi connectivity index (χ0v) is 25.9. The van der Waals surface area contributed by atoms with Crippen LogP contribution in [0, 0.1) is 6.92 Å². The summed E-state index contributed by atoms with van der Waals surface area (Å²) in [4.78, 5) is 31.2. The minimum atomic E-state index is -0.780. The average Bonchev–Trinajstić information content (AvgIpc) is 3.34. The number of morpholine rings is 1. The first-order valence-corrected chi connectivity index (χ1v) is 15.7. The van der Waals surface area contributed by atoms with Crippen molar-refractivity contribution in [1.82, 2.24) is 9.80 Å². The zero-order valence-electron chi connectivity index (χ0n) is 25.9. The zero-order chi connectivity index (χ0) is 31.9. The number of hydrogen-bond acceptors (Lipinski definition) is 7. The number of likely N-dealkylation sites (tertiary alicyclic amines) is 1. The van der Waals surface area contributed by atoms with Crippen molar-refractivity contribution in [3.8, 4) is 17.2 Å². The molecule has 2 aliphatic rings. The predicted molar refractivity (Wildman–Crippen MR) is 176 cm³/mol. The molecule has 1 N–H and O–H groups in total. The number of Topliss-reactive ketones (excluding diaryl/α,β-unsaturated/α-hetero) is 1. The van der Waals surface area contributed by atoms with Crippen LogP contribution in [0.3, 0.4) is 0 Å². The minimum Gasteiger partial charge on any atom is -0.507 e. The highest BCUT2D eigenvalue weighted by Gasteiger charge is 2.46. The Bertz CT molecular complexity index is 1700. The summed E-state index contributed by atoms with van der Waals surface area (Å²) in [6.07, 6.45) is 0.677. The van der Waals surface area contributed by atoms with Crippen molar-refractivity contribution in [2.75, 3.05) is 39.4 Å². The lowest BCUT2D eigenvalue weighted by Crippen LogP contribution is -2.38. The second-order valence-corrected chi connectivity index (χ2v) is 11.5. The summed E-state index contributed by atoms with van der Waals surface area (Å²) < 4.78 is 17.5. The molecule has 6 rings (SSSR count). The van der Waals surface area contributed by atoms with Crippen molar-refractivity contribution in [2.24, 2.45) is 0 Å². The Hall–Kier alpha value is -4.92. The van der Waals surface area contributed by atoms with Crippen LogP contribution in [-0.2, 0) is 20.9 Å². The first-order chi connectivity index (χ1) is 22.5. The van der Waals surface area contributed by atoms with Crippen LogP contribution in [0.2, 0.25) is 0 Å². The van der Waals surface area contributed by atoms with Gasteiger partial charge in [-0.25, -0.2) is 0 Å². The number of ketones is 1. The van der Waals surface area contributed by atoms with Gasteiger partial charge in [0.25, 0.3) is 11.7 Å². The van der Waals surface area contributed by atoms with Crippen molar-refractivity contribution in [3.05, 3.63) is 131 Å². The monoisotopic (exact) mass is 618 g/mol. The van der Waals surface area contributed by atoms with Gasteiger partial charge < -0.3 is 24.2 Å². The van der Waals surface area contributed by atoms with E-state index in [1.807, 2.05) is 97.9 Å². The topological polar surface area (TPSA) is 88.5 Å². The van der Waals surface area contributed by atoms with E-state index >= 15 is 0 Å². The molecule has 0 saturated carbocycles. The van der Waals surface area contributed by atoms with Gasteiger partial charge in [-0.05, 0) is 72.5 Å². The summed E-state index contributed by atoms with van der Waals surface area (Å²) in [5.41, 5.74) is 2.98. The predicted octanol–water partition coefficient (Wildman–Crippen LogP) is 6.51. The highest BCUT2D eigenvalue weighted by atomic mass is 16.5. The van der Waals surface area contributed by atoms with Crippen molar-refractivity contribution >= 4 is 17.4 Å². The molecular weight excluding hydrogens is 580 g/mol. The molecule has 0 unspecified atom stereocenters. The highest BCUT2D eigenvalue weighted by molar-refractivity contribution is 6.46. The van der Waals surface area contributed by atoms with E-state index in [-0.39, 0.29) is 11.3 Å². The van der Waals surface area contributed by atoms with Crippen LogP contribution < -0.4 is 9.47 Å². The highest BCUT2D eigenvalue weighted by Crippen LogP contribution is 2.41. The van der Waals surface area contributed by atoms with Gasteiger partial charge >= 0.3 is 0 Å². The maximum absolute atomic E-state index is 13.7. The van der Waals surface area contributed by atoms with E-state index < -0.39 is 17.7 Å². The first kappa shape index (κ1) is 31.1. The maximum Gasteiger partial charge on any atom is 0.295 e. The Balaban J connectivity index is 1.31. The van der Waals surface area contributed by atoms with Crippen LogP contribution in [0.15, 0.2) is 109 Å². The molecule has 0 aromatic heterocycles. The number of amides is 1. The number of carbonyl (C=O) groups excluding carboxylic acids is 2. The molecular formula is C38H38N2O6. The fourth-order valence-electron chi connectivity index (χ4n) is 6.00. The molecule has 46 heavy (non-hydrogen) atoms. The first-order valence-electron chi connectivity index (χ1n) is 15.7. The summed E-state index contributed by atoms with van der Waals surface area (Å²) in [5.74, 6) is 0.350. The van der Waals surface area contributed by atoms with Crippen molar-refractivity contribution in [1.29, 1.82) is 0 Å². The van der Waals surface area contributed by atoms with Crippen LogP contribution in [0.1, 0.15) is 34.7 Å². The number of benzene rings is 4. The maximum atomic E-state index is 13.7. The number of aliphatic hydroxyl groups excluding tert-OH is 1. The number of nitrogens with zero attached hydrogens (tertiary/aromatic N) is 2. The molecule has 4 aromatic carbocycles. The van der Waals surface area contributed by atoms with Crippen LogP contribution in [0.5, 0.6) is 17.2 Å². The standard InChI is InChI=1S/C38H38N2O6/c1-27-24-31(45-26-28-10-4-2-5-11-28)16-17-33(27)36(41)34-35(29-12-8-15-32(25-29)46-30-13-6-3-7-14-30)40(38(43)37(34)42)19-9-18-39-20-22-44-23-21-39/h2-8,10-17,24-25,35,41H,9,18-23,26H2,1H3/t35-/m0/s1. The molecule has 1 atom stereocenters. The molecule has 1 amide bonds. The van der Waals surface area contributed by atoms with Crippen LogP contribution in [0.25, 0.3) is 5.76 Å². The lowest BCUT2D eigenvalue weighted by molar-refractivity contribution is -0.140. The molecule has 236 valence electrons. The molecule has 0 aliphatic carbocycles. The van der Waals surface area contributed by atoms with E-state index in [0.29, 0.717) is 61.2 Å². The van der Waals surface area contributed by atoms with Gasteiger partial charge in [-0.1, -0.05) is 60.7 Å². The minimum absolute atomic E-state index is 0.0642. The molecule has 0 spiro atoms. The van der Waals surface area contributed by atoms with Crippen LogP contribution in [-0.4, -0.2) is 66.0 Å². The third-order valence-electron chi connectivity index (χ3n) is 8.37. The summed E-state index contributed by atoms with van der Waals surface area (Å²) in [5, 5.41) is 11.8. The number of rotatable bonds is 11. The average molecular weight is 619 g/mol. The van der Waals surface area contributed by atoms with Gasteiger partial charge in [-0.15, -0.1) is 0 Å². The Morgan fingerprint density at radius 3 is 2.28 bits per heavy atom. The third kappa shape index (κ3) is 7.14. The van der Waals surface area contributed by atoms with Gasteiger partial charge in [-0.3, -0.25) is 14.5 Å². The van der Waals surface area contributed by atoms with E-state index in [1.165, 1.54) is 0 Å². The molecule has 2 aliphatic heterocycles. The van der Waals surface area contributed by atoms with Gasteiger partial charge in [-0.2, -0.15) is 0 Å². The Morgan fingerprint density at radius 1 is 0.826 bits per heavy atom. The second-order valence-electron chi connectivity index (χ2n) is 11.5. The number of carbonyl (C=O) groups is 2. The fourth-order valence-corrected chi connectivity index (χ4v) is 6.00. The quantitative estimate of drug-likeness (QED) is 0.116. The summed E-state index contributed by atoms with van der Waals surface area (Å²) in [6, 6.07) is 31.2. The lowest BCUT2D eigenvalue weighted by Gasteiger charge is -2.29. The smallest absolute Gasteiger partial charge is 0.295 e. The molecule has 8 heteroatoms. The van der Waals surface area contributed by atoms with Crippen molar-refractivity contribution in [2.45, 2.75) is 26.0 Å².